The molecule has 0 aliphatic rings. The van der Waals surface area contributed by atoms with Gasteiger partial charge in [-0.3, -0.25) is 0 Å². The van der Waals surface area contributed by atoms with Gasteiger partial charge in [0.15, 0.2) is 0 Å². The van der Waals surface area contributed by atoms with Crippen LogP contribution in [0.25, 0.3) is 11.0 Å². The SMILES string of the molecule is O[B]Oc1cnc2[nH]ccc2c1. The smallest absolute Gasteiger partial charge is 0.536 e. The molecule has 0 fully saturated rings. The van der Waals surface area contributed by atoms with E-state index in [9.17, 15) is 0 Å². The van der Waals surface area contributed by atoms with Crippen molar-refractivity contribution in [2.24, 2.45) is 0 Å². The van der Waals surface area contributed by atoms with Crippen molar-refractivity contribution in [2.45, 2.75) is 0 Å². The molecule has 2 rings (SSSR count). The second kappa shape index (κ2) is 2.87. The van der Waals surface area contributed by atoms with Gasteiger partial charge in [-0.15, -0.1) is 0 Å². The number of aromatic nitrogens is 2. The second-order valence-electron chi connectivity index (χ2n) is 2.31. The number of hydrogen-bond donors (Lipinski definition) is 2. The molecule has 0 aliphatic heterocycles. The summed E-state index contributed by atoms with van der Waals surface area (Å²) >= 11 is 0. The van der Waals surface area contributed by atoms with E-state index < -0.39 is 0 Å². The minimum absolute atomic E-state index is 0.518. The summed E-state index contributed by atoms with van der Waals surface area (Å²) in [6.45, 7) is 0. The van der Waals surface area contributed by atoms with Gasteiger partial charge in [0.25, 0.3) is 0 Å². The zero-order chi connectivity index (χ0) is 8.39. The fourth-order valence-corrected chi connectivity index (χ4v) is 1.04. The summed E-state index contributed by atoms with van der Waals surface area (Å²) in [5.74, 6) is 0.518. The predicted molar refractivity (Wildman–Crippen MR) is 44.7 cm³/mol. The molecule has 2 N–H and O–H groups in total. The van der Waals surface area contributed by atoms with E-state index in [2.05, 4.69) is 9.97 Å². The van der Waals surface area contributed by atoms with Gasteiger partial charge >= 0.3 is 7.69 Å². The third kappa shape index (κ3) is 1.14. The molecule has 2 aromatic heterocycles. The Hall–Kier alpha value is -1.49. The first kappa shape index (κ1) is 7.18. The minimum Gasteiger partial charge on any atom is -0.536 e. The van der Waals surface area contributed by atoms with Crippen LogP contribution in [0.1, 0.15) is 0 Å². The lowest BCUT2D eigenvalue weighted by atomic mass is 10.3. The number of aromatic amines is 1. The first-order valence-electron chi connectivity index (χ1n) is 3.46. The topological polar surface area (TPSA) is 58.1 Å². The number of nitrogens with zero attached hydrogens (tertiary/aromatic N) is 1. The van der Waals surface area contributed by atoms with Gasteiger partial charge in [0.05, 0.1) is 6.20 Å². The molecule has 2 aromatic rings. The third-order valence-electron chi connectivity index (χ3n) is 1.56. The van der Waals surface area contributed by atoms with Crippen molar-refractivity contribution < 1.29 is 9.68 Å². The Labute approximate surface area is 69.5 Å². The monoisotopic (exact) mass is 161 g/mol. The van der Waals surface area contributed by atoms with Crippen LogP contribution < -0.4 is 4.65 Å². The molecule has 0 amide bonds. The summed E-state index contributed by atoms with van der Waals surface area (Å²) < 4.78 is 4.74. The van der Waals surface area contributed by atoms with E-state index in [0.717, 1.165) is 11.0 Å². The molecular weight excluding hydrogens is 155 g/mol. The number of pyridine rings is 1. The van der Waals surface area contributed by atoms with Crippen LogP contribution in [0.4, 0.5) is 0 Å². The molecule has 0 saturated carbocycles. The maximum absolute atomic E-state index is 8.36. The lowest BCUT2D eigenvalue weighted by molar-refractivity contribution is 0.453. The summed E-state index contributed by atoms with van der Waals surface area (Å²) in [6, 6.07) is 3.66. The van der Waals surface area contributed by atoms with Crippen molar-refractivity contribution in [3.05, 3.63) is 24.5 Å². The molecule has 0 aromatic carbocycles. The van der Waals surface area contributed by atoms with E-state index in [1.54, 1.807) is 12.3 Å². The number of fused-ring (bicyclic) bond motifs is 1. The molecule has 0 saturated heterocycles. The Bertz CT molecular complexity index is 388. The highest BCUT2D eigenvalue weighted by Gasteiger charge is 1.98. The molecule has 12 heavy (non-hydrogen) atoms. The van der Waals surface area contributed by atoms with E-state index >= 15 is 0 Å². The van der Waals surface area contributed by atoms with Crippen molar-refractivity contribution in [2.75, 3.05) is 0 Å². The van der Waals surface area contributed by atoms with E-state index in [1.807, 2.05) is 6.07 Å². The molecule has 0 atom stereocenters. The van der Waals surface area contributed by atoms with Crippen LogP contribution in [0.3, 0.4) is 0 Å². The molecule has 0 unspecified atom stereocenters. The van der Waals surface area contributed by atoms with Crippen molar-refractivity contribution in [1.29, 1.82) is 0 Å². The maximum Gasteiger partial charge on any atom is 0.569 e. The second-order valence-corrected chi connectivity index (χ2v) is 2.31. The Morgan fingerprint density at radius 2 is 2.50 bits per heavy atom. The van der Waals surface area contributed by atoms with Crippen molar-refractivity contribution in [1.82, 2.24) is 9.97 Å². The number of rotatable bonds is 2. The standard InChI is InChI=1S/C7H6BN2O2/c11-8-12-6-3-5-1-2-9-7(5)10-4-6/h1-4,11H,(H,9,10). The highest BCUT2D eigenvalue weighted by Crippen LogP contribution is 2.16. The van der Waals surface area contributed by atoms with Gasteiger partial charge in [-0.25, -0.2) is 4.98 Å². The lowest BCUT2D eigenvalue weighted by Gasteiger charge is -1.98. The zero-order valence-corrected chi connectivity index (χ0v) is 6.19. The summed E-state index contributed by atoms with van der Waals surface area (Å²) in [6.07, 6.45) is 3.33. The van der Waals surface area contributed by atoms with Crippen LogP contribution in [0.15, 0.2) is 24.5 Å². The van der Waals surface area contributed by atoms with E-state index in [-0.39, 0.29) is 0 Å². The zero-order valence-electron chi connectivity index (χ0n) is 6.19. The van der Waals surface area contributed by atoms with Crippen molar-refractivity contribution in [3.63, 3.8) is 0 Å². The van der Waals surface area contributed by atoms with Crippen LogP contribution in [0.2, 0.25) is 0 Å². The van der Waals surface area contributed by atoms with Gasteiger partial charge in [0, 0.05) is 11.6 Å². The lowest BCUT2D eigenvalue weighted by Crippen LogP contribution is -1.99. The molecule has 0 bridgehead atoms. The Morgan fingerprint density at radius 1 is 1.58 bits per heavy atom. The van der Waals surface area contributed by atoms with Crippen LogP contribution in [0, 0.1) is 0 Å². The predicted octanol–water partition coefficient (Wildman–Crippen LogP) is 0.468. The van der Waals surface area contributed by atoms with E-state index in [4.69, 9.17) is 9.68 Å². The van der Waals surface area contributed by atoms with E-state index in [0.29, 0.717) is 13.4 Å². The molecule has 5 heteroatoms. The van der Waals surface area contributed by atoms with Crippen LogP contribution >= 0.6 is 0 Å². The summed E-state index contributed by atoms with van der Waals surface area (Å²) in [4.78, 5) is 7.00. The van der Waals surface area contributed by atoms with Gasteiger partial charge in [-0.2, -0.15) is 0 Å². The van der Waals surface area contributed by atoms with Gasteiger partial charge in [0.2, 0.25) is 0 Å². The first-order chi connectivity index (χ1) is 5.90. The number of nitrogens with one attached hydrogen (secondary N) is 1. The first-order valence-corrected chi connectivity index (χ1v) is 3.46. The summed E-state index contributed by atoms with van der Waals surface area (Å²) in [5.41, 5.74) is 0.806. The Balaban J connectivity index is 2.46. The normalized spacial score (nSPS) is 10.1. The molecule has 2 heterocycles. The number of hydrogen-bond acceptors (Lipinski definition) is 3. The molecule has 1 radical (unpaired) electrons. The summed E-state index contributed by atoms with van der Waals surface area (Å²) in [5, 5.41) is 9.31. The minimum atomic E-state index is 0.518. The van der Waals surface area contributed by atoms with Gasteiger partial charge in [0.1, 0.15) is 11.4 Å². The third-order valence-corrected chi connectivity index (χ3v) is 1.56. The Morgan fingerprint density at radius 3 is 3.33 bits per heavy atom. The molecule has 4 nitrogen and oxygen atoms in total. The van der Waals surface area contributed by atoms with Crippen molar-refractivity contribution in [3.8, 4) is 5.75 Å². The Kier molecular flexibility index (Phi) is 1.71. The van der Waals surface area contributed by atoms with E-state index in [1.165, 1.54) is 6.20 Å². The van der Waals surface area contributed by atoms with Gasteiger partial charge in [-0.05, 0) is 12.1 Å². The quantitative estimate of drug-likeness (QED) is 0.629. The van der Waals surface area contributed by atoms with Crippen LogP contribution in [-0.2, 0) is 0 Å². The van der Waals surface area contributed by atoms with Gasteiger partial charge < -0.3 is 14.7 Å². The average molecular weight is 161 g/mol. The molecule has 0 aliphatic carbocycles. The fraction of sp³-hybridized carbons (Fsp3) is 0. The summed E-state index contributed by atoms with van der Waals surface area (Å²) in [7, 11) is 0.634. The highest BCUT2D eigenvalue weighted by molar-refractivity contribution is 6.17. The fourth-order valence-electron chi connectivity index (χ4n) is 1.04. The molecule has 59 valence electrons. The largest absolute Gasteiger partial charge is 0.569 e. The van der Waals surface area contributed by atoms with Crippen LogP contribution in [-0.4, -0.2) is 22.7 Å². The average Bonchev–Trinajstić information content (AvgIpc) is 2.51. The molecular formula is C7H6BN2O2. The van der Waals surface area contributed by atoms with Gasteiger partial charge in [-0.1, -0.05) is 0 Å². The number of H-pyrrole nitrogens is 1. The van der Waals surface area contributed by atoms with Crippen molar-refractivity contribution >= 4 is 18.7 Å². The maximum atomic E-state index is 8.36. The highest BCUT2D eigenvalue weighted by atomic mass is 16.5. The van der Waals surface area contributed by atoms with Crippen LogP contribution in [0.5, 0.6) is 5.75 Å². The molecule has 0 spiro atoms.